The molecule has 0 aromatic carbocycles. The molecule has 8 nitrogen and oxygen atoms in total. The second-order valence-electron chi connectivity index (χ2n) is 4.60. The number of rotatable bonds is 3. The van der Waals surface area contributed by atoms with Crippen LogP contribution in [0.15, 0.2) is 16.8 Å². The molecule has 0 aromatic heterocycles. The number of carbonyl (C=O) groups is 2. The number of nitrogens with one attached hydrogen (secondary N) is 1. The van der Waals surface area contributed by atoms with Crippen molar-refractivity contribution in [1.29, 1.82) is 0 Å². The molecule has 0 saturated carbocycles. The Bertz CT molecular complexity index is 483. The summed E-state index contributed by atoms with van der Waals surface area (Å²) >= 11 is 0. The SMILES string of the molecule is CC1=CC(C2CC(N=[N+]=[N-])C(CO)O2)C(=O)NC1=O. The lowest BCUT2D eigenvalue weighted by molar-refractivity contribution is -0.134. The minimum Gasteiger partial charge on any atom is -0.394 e. The van der Waals surface area contributed by atoms with Crippen LogP contribution in [0.3, 0.4) is 0 Å². The van der Waals surface area contributed by atoms with Crippen LogP contribution in [0.25, 0.3) is 10.4 Å². The van der Waals surface area contributed by atoms with Crippen molar-refractivity contribution in [2.45, 2.75) is 31.6 Å². The van der Waals surface area contributed by atoms with Crippen molar-refractivity contribution in [2.24, 2.45) is 11.0 Å². The maximum absolute atomic E-state index is 11.8. The lowest BCUT2D eigenvalue weighted by Gasteiger charge is -2.23. The largest absolute Gasteiger partial charge is 0.394 e. The summed E-state index contributed by atoms with van der Waals surface area (Å²) in [7, 11) is 0. The van der Waals surface area contributed by atoms with E-state index >= 15 is 0 Å². The molecular formula is C11H14N4O4. The fourth-order valence-electron chi connectivity index (χ4n) is 2.34. The van der Waals surface area contributed by atoms with Gasteiger partial charge < -0.3 is 9.84 Å². The smallest absolute Gasteiger partial charge is 0.253 e. The van der Waals surface area contributed by atoms with Gasteiger partial charge in [0.2, 0.25) is 5.91 Å². The molecular weight excluding hydrogens is 252 g/mol. The Morgan fingerprint density at radius 2 is 2.37 bits per heavy atom. The molecule has 102 valence electrons. The highest BCUT2D eigenvalue weighted by Crippen LogP contribution is 2.30. The van der Waals surface area contributed by atoms with Crippen LogP contribution in [0, 0.1) is 5.92 Å². The third-order valence-electron chi connectivity index (χ3n) is 3.36. The summed E-state index contributed by atoms with van der Waals surface area (Å²) in [4.78, 5) is 25.8. The molecule has 1 fully saturated rings. The van der Waals surface area contributed by atoms with Gasteiger partial charge >= 0.3 is 0 Å². The number of hydrogen-bond acceptors (Lipinski definition) is 5. The van der Waals surface area contributed by atoms with Crippen molar-refractivity contribution >= 4 is 11.8 Å². The Kier molecular flexibility index (Phi) is 3.84. The molecule has 0 aromatic rings. The number of carbonyl (C=O) groups excluding carboxylic acids is 2. The second-order valence-corrected chi connectivity index (χ2v) is 4.60. The number of hydrogen-bond donors (Lipinski definition) is 2. The second kappa shape index (κ2) is 5.40. The first kappa shape index (κ1) is 13.5. The van der Waals surface area contributed by atoms with E-state index in [-0.39, 0.29) is 6.61 Å². The number of aliphatic hydroxyl groups excluding tert-OH is 1. The van der Waals surface area contributed by atoms with Crippen LogP contribution in [-0.4, -0.2) is 41.8 Å². The lowest BCUT2D eigenvalue weighted by Crippen LogP contribution is -2.44. The fourth-order valence-corrected chi connectivity index (χ4v) is 2.34. The minimum atomic E-state index is -0.611. The van der Waals surface area contributed by atoms with Gasteiger partial charge in [0.15, 0.2) is 0 Å². The summed E-state index contributed by atoms with van der Waals surface area (Å²) in [5.41, 5.74) is 8.90. The van der Waals surface area contributed by atoms with E-state index in [0.29, 0.717) is 12.0 Å². The summed E-state index contributed by atoms with van der Waals surface area (Å²) in [5.74, 6) is -1.45. The van der Waals surface area contributed by atoms with Gasteiger partial charge in [0.05, 0.1) is 30.8 Å². The van der Waals surface area contributed by atoms with Crippen molar-refractivity contribution in [1.82, 2.24) is 5.32 Å². The first-order valence-electron chi connectivity index (χ1n) is 5.91. The standard InChI is InChI=1S/C11H14N4O4/c1-5-2-6(11(18)13-10(5)17)8-3-7(14-15-12)9(4-16)19-8/h2,6-9,16H,3-4H2,1H3,(H,13,17,18). The number of aliphatic hydroxyl groups is 1. The van der Waals surface area contributed by atoms with Crippen molar-refractivity contribution in [3.8, 4) is 0 Å². The van der Waals surface area contributed by atoms with Crippen molar-refractivity contribution in [3.05, 3.63) is 22.1 Å². The van der Waals surface area contributed by atoms with Gasteiger partial charge in [-0.1, -0.05) is 11.2 Å². The Labute approximate surface area is 109 Å². The average molecular weight is 266 g/mol. The van der Waals surface area contributed by atoms with E-state index in [1.807, 2.05) is 0 Å². The van der Waals surface area contributed by atoms with E-state index in [4.69, 9.17) is 15.4 Å². The van der Waals surface area contributed by atoms with E-state index in [1.54, 1.807) is 13.0 Å². The maximum Gasteiger partial charge on any atom is 0.253 e. The molecule has 2 heterocycles. The van der Waals surface area contributed by atoms with Gasteiger partial charge in [0, 0.05) is 10.5 Å². The van der Waals surface area contributed by atoms with E-state index in [0.717, 1.165) is 0 Å². The monoisotopic (exact) mass is 266 g/mol. The number of ether oxygens (including phenoxy) is 1. The fraction of sp³-hybridized carbons (Fsp3) is 0.636. The molecule has 1 saturated heterocycles. The van der Waals surface area contributed by atoms with E-state index in [2.05, 4.69) is 15.3 Å². The highest BCUT2D eigenvalue weighted by Gasteiger charge is 2.42. The molecule has 0 aliphatic carbocycles. The zero-order chi connectivity index (χ0) is 14.0. The zero-order valence-electron chi connectivity index (χ0n) is 10.3. The normalized spacial score (nSPS) is 34.5. The Hall–Kier alpha value is -1.89. The molecule has 19 heavy (non-hydrogen) atoms. The summed E-state index contributed by atoms with van der Waals surface area (Å²) in [5, 5.41) is 15.0. The van der Waals surface area contributed by atoms with Gasteiger partial charge in [-0.3, -0.25) is 14.9 Å². The van der Waals surface area contributed by atoms with Gasteiger partial charge in [-0.15, -0.1) is 0 Å². The molecule has 0 radical (unpaired) electrons. The van der Waals surface area contributed by atoms with Crippen LogP contribution in [0.1, 0.15) is 13.3 Å². The van der Waals surface area contributed by atoms with E-state index < -0.39 is 36.0 Å². The summed E-state index contributed by atoms with van der Waals surface area (Å²) in [6, 6.07) is -0.501. The first-order chi connectivity index (χ1) is 9.06. The zero-order valence-corrected chi connectivity index (χ0v) is 10.3. The third kappa shape index (κ3) is 2.60. The Morgan fingerprint density at radius 1 is 1.63 bits per heavy atom. The van der Waals surface area contributed by atoms with Gasteiger partial charge in [-0.25, -0.2) is 0 Å². The van der Waals surface area contributed by atoms with Crippen molar-refractivity contribution < 1.29 is 19.4 Å². The van der Waals surface area contributed by atoms with Crippen LogP contribution in [-0.2, 0) is 14.3 Å². The average Bonchev–Trinajstić information content (AvgIpc) is 2.77. The molecule has 8 heteroatoms. The van der Waals surface area contributed by atoms with E-state index in [1.165, 1.54) is 0 Å². The summed E-state index contributed by atoms with van der Waals surface area (Å²) < 4.78 is 5.54. The maximum atomic E-state index is 11.8. The number of nitrogens with zero attached hydrogens (tertiary/aromatic N) is 3. The first-order valence-corrected chi connectivity index (χ1v) is 5.91. The third-order valence-corrected chi connectivity index (χ3v) is 3.36. The Balaban J connectivity index is 2.17. The van der Waals surface area contributed by atoms with Gasteiger partial charge in [-0.05, 0) is 18.9 Å². The molecule has 2 N–H and O–H groups in total. The molecule has 0 spiro atoms. The molecule has 2 rings (SSSR count). The van der Waals surface area contributed by atoms with Gasteiger partial charge in [-0.2, -0.15) is 0 Å². The molecule has 2 amide bonds. The predicted molar refractivity (Wildman–Crippen MR) is 63.7 cm³/mol. The highest BCUT2D eigenvalue weighted by molar-refractivity contribution is 6.08. The molecule has 2 aliphatic heterocycles. The van der Waals surface area contributed by atoms with Gasteiger partial charge in [0.25, 0.3) is 5.91 Å². The van der Waals surface area contributed by atoms with Crippen molar-refractivity contribution in [2.75, 3.05) is 6.61 Å². The minimum absolute atomic E-state index is 0.282. The summed E-state index contributed by atoms with van der Waals surface area (Å²) in [6.45, 7) is 1.33. The molecule has 4 atom stereocenters. The van der Waals surface area contributed by atoms with Crippen LogP contribution >= 0.6 is 0 Å². The number of imide groups is 1. The number of azide groups is 1. The molecule has 2 aliphatic rings. The van der Waals surface area contributed by atoms with Crippen molar-refractivity contribution in [3.63, 3.8) is 0 Å². The van der Waals surface area contributed by atoms with E-state index in [9.17, 15) is 9.59 Å². The Morgan fingerprint density at radius 3 is 3.00 bits per heavy atom. The van der Waals surface area contributed by atoms with Crippen LogP contribution in [0.2, 0.25) is 0 Å². The van der Waals surface area contributed by atoms with Crippen LogP contribution in [0.4, 0.5) is 0 Å². The quantitative estimate of drug-likeness (QED) is 0.323. The van der Waals surface area contributed by atoms with Gasteiger partial charge in [0.1, 0.15) is 0 Å². The number of amides is 2. The highest BCUT2D eigenvalue weighted by atomic mass is 16.5. The lowest BCUT2D eigenvalue weighted by atomic mass is 9.92. The molecule has 4 unspecified atom stereocenters. The predicted octanol–water partition coefficient (Wildman–Crippen LogP) is 0.0340. The summed E-state index contributed by atoms with van der Waals surface area (Å²) in [6.07, 6.45) is 0.778. The molecule has 0 bridgehead atoms. The van der Waals surface area contributed by atoms with Crippen LogP contribution < -0.4 is 5.32 Å². The van der Waals surface area contributed by atoms with Crippen LogP contribution in [0.5, 0.6) is 0 Å². The topological polar surface area (TPSA) is 124 Å².